The average molecular weight is 523 g/mol. The number of thioether (sulfide) groups is 1. The van der Waals surface area contributed by atoms with Gasteiger partial charge in [0.15, 0.2) is 0 Å². The molecule has 2 amide bonds. The summed E-state index contributed by atoms with van der Waals surface area (Å²) in [7, 11) is 1.20. The van der Waals surface area contributed by atoms with Crippen molar-refractivity contribution in [3.05, 3.63) is 62.5 Å². The maximum Gasteiger partial charge on any atom is 0.325 e. The van der Waals surface area contributed by atoms with Gasteiger partial charge in [-0.1, -0.05) is 29.3 Å². The largest absolute Gasteiger partial charge is 0.488 e. The topological polar surface area (TPSA) is 76.2 Å². The van der Waals surface area contributed by atoms with E-state index in [1.54, 1.807) is 24.3 Å². The number of hydrogen-bond donors (Lipinski definition) is 0. The van der Waals surface area contributed by atoms with Gasteiger partial charge in [-0.3, -0.25) is 19.3 Å². The lowest BCUT2D eigenvalue weighted by molar-refractivity contribution is -0.143. The molecule has 0 aliphatic carbocycles. The van der Waals surface area contributed by atoms with Crippen LogP contribution in [0.15, 0.2) is 41.3 Å². The molecule has 1 aliphatic rings. The summed E-state index contributed by atoms with van der Waals surface area (Å²) in [5.41, 5.74) is 2.33. The van der Waals surface area contributed by atoms with Crippen molar-refractivity contribution in [2.24, 2.45) is 0 Å². The maximum atomic E-state index is 12.7. The Morgan fingerprint density at radius 1 is 1.12 bits per heavy atom. The fraction of sp³-hybridized carbons (Fsp3) is 0.292. The summed E-state index contributed by atoms with van der Waals surface area (Å²) in [5.74, 6) is -0.703. The maximum absolute atomic E-state index is 12.7. The third kappa shape index (κ3) is 6.05. The molecule has 0 atom stereocenters. The number of ether oxygens (including phenoxy) is 2. The predicted molar refractivity (Wildman–Crippen MR) is 135 cm³/mol. The summed E-state index contributed by atoms with van der Waals surface area (Å²) >= 11 is 13.0. The summed E-state index contributed by atoms with van der Waals surface area (Å²) in [5, 5.41) is 0.482. The highest BCUT2D eigenvalue weighted by Crippen LogP contribution is 2.36. The molecule has 2 aromatic carbocycles. The van der Waals surface area contributed by atoms with Gasteiger partial charge in [0.05, 0.1) is 12.0 Å². The second kappa shape index (κ2) is 11.6. The van der Waals surface area contributed by atoms with Gasteiger partial charge in [-0.15, -0.1) is 0 Å². The lowest BCUT2D eigenvalue weighted by atomic mass is 10.1. The van der Waals surface area contributed by atoms with Crippen molar-refractivity contribution in [1.82, 2.24) is 4.90 Å². The number of benzene rings is 2. The Labute approximate surface area is 212 Å². The second-order valence-electron chi connectivity index (χ2n) is 7.26. The minimum Gasteiger partial charge on any atom is -0.488 e. The number of amides is 2. The van der Waals surface area contributed by atoms with E-state index < -0.39 is 23.7 Å². The van der Waals surface area contributed by atoms with E-state index in [4.69, 9.17) is 27.9 Å². The van der Waals surface area contributed by atoms with Crippen molar-refractivity contribution in [3.8, 4) is 5.75 Å². The Bertz CT molecular complexity index is 1130. The smallest absolute Gasteiger partial charge is 0.325 e. The van der Waals surface area contributed by atoms with Crippen LogP contribution in [0.3, 0.4) is 0 Å². The van der Waals surface area contributed by atoms with Gasteiger partial charge < -0.3 is 14.4 Å². The van der Waals surface area contributed by atoms with E-state index in [9.17, 15) is 14.4 Å². The average Bonchev–Trinajstić information content (AvgIpc) is 3.07. The van der Waals surface area contributed by atoms with Crippen molar-refractivity contribution in [1.29, 1.82) is 0 Å². The Morgan fingerprint density at radius 2 is 1.85 bits per heavy atom. The molecule has 2 aromatic rings. The number of nitrogens with zero attached hydrogens (tertiary/aromatic N) is 2. The van der Waals surface area contributed by atoms with Crippen LogP contribution in [0, 0.1) is 0 Å². The fourth-order valence-corrected chi connectivity index (χ4v) is 4.61. The molecule has 180 valence electrons. The van der Waals surface area contributed by atoms with E-state index >= 15 is 0 Å². The van der Waals surface area contributed by atoms with E-state index in [2.05, 4.69) is 23.5 Å². The van der Waals surface area contributed by atoms with Crippen LogP contribution in [0.4, 0.5) is 10.5 Å². The summed E-state index contributed by atoms with van der Waals surface area (Å²) < 4.78 is 10.7. The first kappa shape index (κ1) is 25.9. The number of imide groups is 1. The number of rotatable bonds is 9. The molecule has 3 rings (SSSR count). The monoisotopic (exact) mass is 522 g/mol. The van der Waals surface area contributed by atoms with Gasteiger partial charge in [-0.2, -0.15) is 0 Å². The summed E-state index contributed by atoms with van der Waals surface area (Å²) in [6.07, 6.45) is 1.59. The van der Waals surface area contributed by atoms with Crippen LogP contribution in [-0.4, -0.2) is 48.8 Å². The van der Waals surface area contributed by atoms with Crippen LogP contribution >= 0.6 is 35.0 Å². The van der Waals surface area contributed by atoms with Crippen LogP contribution in [0.1, 0.15) is 25.0 Å². The van der Waals surface area contributed by atoms with E-state index in [1.165, 1.54) is 7.11 Å². The number of anilines is 1. The molecule has 1 saturated heterocycles. The van der Waals surface area contributed by atoms with Gasteiger partial charge in [0.25, 0.3) is 11.1 Å². The molecule has 34 heavy (non-hydrogen) atoms. The van der Waals surface area contributed by atoms with Gasteiger partial charge in [0.2, 0.25) is 0 Å². The summed E-state index contributed by atoms with van der Waals surface area (Å²) in [6.45, 7) is 5.49. The number of halogens is 2. The highest BCUT2D eigenvalue weighted by atomic mass is 35.5. The third-order valence-corrected chi connectivity index (χ3v) is 6.69. The molecule has 1 fully saturated rings. The number of carbonyl (C=O) groups excluding carboxylic acids is 3. The molecular formula is C24H24Cl2N2O5S. The van der Waals surface area contributed by atoms with Gasteiger partial charge >= 0.3 is 5.97 Å². The van der Waals surface area contributed by atoms with Crippen LogP contribution < -0.4 is 9.64 Å². The first-order chi connectivity index (χ1) is 16.3. The molecule has 0 unspecified atom stereocenters. The van der Waals surface area contributed by atoms with Gasteiger partial charge in [-0.25, -0.2) is 0 Å². The Hall–Kier alpha value is -2.68. The normalized spacial score (nSPS) is 14.6. The number of esters is 1. The summed E-state index contributed by atoms with van der Waals surface area (Å²) in [4.78, 5) is 39.8. The third-order valence-electron chi connectivity index (χ3n) is 5.20. The number of hydrogen-bond acceptors (Lipinski definition) is 7. The molecule has 7 nitrogen and oxygen atoms in total. The van der Waals surface area contributed by atoms with Gasteiger partial charge in [0, 0.05) is 46.0 Å². The molecule has 10 heteroatoms. The Morgan fingerprint density at radius 3 is 2.50 bits per heavy atom. The van der Waals surface area contributed by atoms with Crippen molar-refractivity contribution in [3.63, 3.8) is 0 Å². The molecule has 1 heterocycles. The second-order valence-corrected chi connectivity index (χ2v) is 9.10. The zero-order chi connectivity index (χ0) is 24.8. The number of carbonyl (C=O) groups is 3. The first-order valence-electron chi connectivity index (χ1n) is 10.5. The van der Waals surface area contributed by atoms with Crippen molar-refractivity contribution >= 4 is 63.8 Å². The van der Waals surface area contributed by atoms with Crippen LogP contribution in [0.2, 0.25) is 10.0 Å². The van der Waals surface area contributed by atoms with Gasteiger partial charge in [-0.05, 0) is 56.0 Å². The Kier molecular flexibility index (Phi) is 8.88. The fourth-order valence-electron chi connectivity index (χ4n) is 3.32. The SMILES string of the molecule is CCN(CC)c1ccc(/C=C2\SC(=O)N(CC(=O)OC)C2=O)c(OCc2ccc(Cl)cc2Cl)c1. The lowest BCUT2D eigenvalue weighted by Crippen LogP contribution is -2.34. The van der Waals surface area contributed by atoms with E-state index in [0.717, 1.165) is 41.0 Å². The molecule has 0 radical (unpaired) electrons. The van der Waals surface area contributed by atoms with Crippen molar-refractivity contribution in [2.45, 2.75) is 20.5 Å². The van der Waals surface area contributed by atoms with E-state index in [0.29, 0.717) is 21.4 Å². The molecule has 0 saturated carbocycles. The zero-order valence-electron chi connectivity index (χ0n) is 19.0. The molecule has 0 bridgehead atoms. The predicted octanol–water partition coefficient (Wildman–Crippen LogP) is 5.63. The standard InChI is InChI=1S/C24H24Cl2N2O5S/c1-4-27(5-2)18-9-7-15(10-21-23(30)28(24(31)34-21)13-22(29)32-3)20(12-18)33-14-16-6-8-17(25)11-19(16)26/h6-12H,4-5,13-14H2,1-3H3/b21-10-. The first-order valence-corrected chi connectivity index (χ1v) is 12.1. The van der Waals surface area contributed by atoms with Gasteiger partial charge in [0.1, 0.15) is 18.9 Å². The Balaban J connectivity index is 1.93. The molecule has 0 spiro atoms. The minimum atomic E-state index is -0.670. The number of methoxy groups -OCH3 is 1. The summed E-state index contributed by atoms with van der Waals surface area (Å²) in [6, 6.07) is 10.8. The molecule has 0 aromatic heterocycles. The van der Waals surface area contributed by atoms with Crippen molar-refractivity contribution < 1.29 is 23.9 Å². The van der Waals surface area contributed by atoms with Crippen molar-refractivity contribution in [2.75, 3.05) is 31.6 Å². The molecule has 1 aliphatic heterocycles. The van der Waals surface area contributed by atoms with Crippen LogP contribution in [0.25, 0.3) is 6.08 Å². The van der Waals surface area contributed by atoms with Crippen LogP contribution in [0.5, 0.6) is 5.75 Å². The highest BCUT2D eigenvalue weighted by molar-refractivity contribution is 8.18. The minimum absolute atomic E-state index is 0.183. The lowest BCUT2D eigenvalue weighted by Gasteiger charge is -2.22. The van der Waals surface area contributed by atoms with E-state index in [1.807, 2.05) is 18.2 Å². The highest BCUT2D eigenvalue weighted by Gasteiger charge is 2.36. The molecular weight excluding hydrogens is 499 g/mol. The van der Waals surface area contributed by atoms with E-state index in [-0.39, 0.29) is 11.5 Å². The molecule has 0 N–H and O–H groups in total. The quantitative estimate of drug-likeness (QED) is 0.312. The van der Waals surface area contributed by atoms with Crippen LogP contribution in [-0.2, 0) is 20.9 Å². The zero-order valence-corrected chi connectivity index (χ0v) is 21.3.